The van der Waals surface area contributed by atoms with Crippen molar-refractivity contribution < 1.29 is 4.79 Å². The summed E-state index contributed by atoms with van der Waals surface area (Å²) in [7, 11) is 0. The number of hydrogen-bond donors (Lipinski definition) is 1. The lowest BCUT2D eigenvalue weighted by atomic mass is 9.92. The molecule has 0 radical (unpaired) electrons. The Morgan fingerprint density at radius 1 is 1.40 bits per heavy atom. The molecule has 1 atom stereocenters. The van der Waals surface area contributed by atoms with Crippen molar-refractivity contribution in [2.24, 2.45) is 11.3 Å². The minimum absolute atomic E-state index is 0.0845. The van der Waals surface area contributed by atoms with E-state index in [9.17, 15) is 4.79 Å². The van der Waals surface area contributed by atoms with E-state index >= 15 is 0 Å². The normalized spacial score (nSPS) is 13.7. The lowest BCUT2D eigenvalue weighted by Crippen LogP contribution is -2.31. The van der Waals surface area contributed by atoms with Crippen LogP contribution in [0.5, 0.6) is 0 Å². The highest BCUT2D eigenvalue weighted by atomic mass is 79.9. The van der Waals surface area contributed by atoms with Gasteiger partial charge in [0.15, 0.2) is 0 Å². The molecule has 0 spiro atoms. The first-order valence-corrected chi connectivity index (χ1v) is 6.84. The third kappa shape index (κ3) is 8.91. The van der Waals surface area contributed by atoms with Gasteiger partial charge in [-0.3, -0.25) is 4.79 Å². The zero-order valence-corrected chi connectivity index (χ0v) is 12.0. The third-order valence-corrected chi connectivity index (χ3v) is 2.83. The number of halogens is 1. The Morgan fingerprint density at radius 3 is 2.40 bits per heavy atom. The maximum absolute atomic E-state index is 11.6. The molecule has 0 rings (SSSR count). The molecule has 0 fully saturated rings. The Hall–Kier alpha value is -0.0500. The molecule has 1 N–H and O–H groups in total. The van der Waals surface area contributed by atoms with E-state index in [1.807, 2.05) is 0 Å². The Labute approximate surface area is 102 Å². The predicted molar refractivity (Wildman–Crippen MR) is 69.3 cm³/mol. The summed E-state index contributed by atoms with van der Waals surface area (Å²) in [4.78, 5) is 11.6. The molecule has 1 amide bonds. The van der Waals surface area contributed by atoms with Crippen molar-refractivity contribution in [1.29, 1.82) is 0 Å². The van der Waals surface area contributed by atoms with Crippen LogP contribution in [0.4, 0.5) is 0 Å². The van der Waals surface area contributed by atoms with Crippen LogP contribution < -0.4 is 5.32 Å². The largest absolute Gasteiger partial charge is 0.356 e. The van der Waals surface area contributed by atoms with Crippen LogP contribution in [0, 0.1) is 11.3 Å². The van der Waals surface area contributed by atoms with Crippen LogP contribution in [0.2, 0.25) is 0 Å². The van der Waals surface area contributed by atoms with Gasteiger partial charge < -0.3 is 5.32 Å². The number of rotatable bonds is 6. The van der Waals surface area contributed by atoms with Crippen molar-refractivity contribution in [2.75, 3.05) is 11.9 Å². The third-order valence-electron chi connectivity index (χ3n) is 2.37. The minimum Gasteiger partial charge on any atom is -0.356 e. The van der Waals surface area contributed by atoms with E-state index in [-0.39, 0.29) is 11.3 Å². The second-order valence-corrected chi connectivity index (χ2v) is 6.09. The topological polar surface area (TPSA) is 29.1 Å². The first kappa shape index (κ1) is 14.9. The molecule has 3 heteroatoms. The first-order valence-electron chi connectivity index (χ1n) is 5.71. The van der Waals surface area contributed by atoms with Crippen LogP contribution in [0.15, 0.2) is 0 Å². The Bertz CT molecular complexity index is 187. The van der Waals surface area contributed by atoms with Gasteiger partial charge in [0, 0.05) is 18.3 Å². The summed E-state index contributed by atoms with van der Waals surface area (Å²) in [5.41, 5.74) is 0.0845. The van der Waals surface area contributed by atoms with Crippen molar-refractivity contribution in [1.82, 2.24) is 5.32 Å². The molecule has 0 aliphatic rings. The number of amides is 1. The van der Waals surface area contributed by atoms with Crippen LogP contribution >= 0.6 is 15.9 Å². The first-order chi connectivity index (χ1) is 6.89. The van der Waals surface area contributed by atoms with Gasteiger partial charge in [-0.15, -0.1) is 0 Å². The standard InChI is InChI=1S/C12H24BrNO/c1-5-10(6-7-13)9-14-11(15)8-12(2,3)4/h10H,5-9H2,1-4H3,(H,14,15). The summed E-state index contributed by atoms with van der Waals surface area (Å²) in [6, 6.07) is 0. The summed E-state index contributed by atoms with van der Waals surface area (Å²) in [6.07, 6.45) is 2.87. The molecule has 0 aromatic carbocycles. The van der Waals surface area contributed by atoms with Crippen molar-refractivity contribution in [3.8, 4) is 0 Å². The zero-order valence-electron chi connectivity index (χ0n) is 10.4. The van der Waals surface area contributed by atoms with E-state index in [2.05, 4.69) is 48.9 Å². The van der Waals surface area contributed by atoms with Gasteiger partial charge in [0.25, 0.3) is 0 Å². The highest BCUT2D eigenvalue weighted by Crippen LogP contribution is 2.18. The molecule has 15 heavy (non-hydrogen) atoms. The van der Waals surface area contributed by atoms with E-state index in [0.717, 1.165) is 24.7 Å². The number of carbonyl (C=O) groups is 1. The summed E-state index contributed by atoms with van der Waals surface area (Å²) < 4.78 is 0. The Morgan fingerprint density at radius 2 is 2.00 bits per heavy atom. The van der Waals surface area contributed by atoms with Crippen LogP contribution in [0.3, 0.4) is 0 Å². The van der Waals surface area contributed by atoms with Crippen molar-refractivity contribution in [2.45, 2.75) is 47.0 Å². The predicted octanol–water partition coefficient (Wildman–Crippen LogP) is 3.35. The quantitative estimate of drug-likeness (QED) is 0.742. The summed E-state index contributed by atoms with van der Waals surface area (Å²) in [5, 5.41) is 4.03. The van der Waals surface area contributed by atoms with Gasteiger partial charge in [-0.05, 0) is 17.8 Å². The van der Waals surface area contributed by atoms with E-state index < -0.39 is 0 Å². The maximum Gasteiger partial charge on any atom is 0.220 e. The molecule has 0 aliphatic carbocycles. The number of nitrogens with one attached hydrogen (secondary N) is 1. The summed E-state index contributed by atoms with van der Waals surface area (Å²) in [6.45, 7) is 9.24. The molecule has 0 aliphatic heterocycles. The molecule has 90 valence electrons. The van der Waals surface area contributed by atoms with Crippen molar-refractivity contribution >= 4 is 21.8 Å². The van der Waals surface area contributed by atoms with E-state index in [0.29, 0.717) is 12.3 Å². The Kier molecular flexibility index (Phi) is 7.24. The van der Waals surface area contributed by atoms with Crippen LogP contribution in [-0.2, 0) is 4.79 Å². The summed E-state index contributed by atoms with van der Waals surface area (Å²) in [5.74, 6) is 0.781. The Balaban J connectivity index is 3.78. The lowest BCUT2D eigenvalue weighted by molar-refractivity contribution is -0.123. The average molecular weight is 278 g/mol. The molecule has 0 bridgehead atoms. The fraction of sp³-hybridized carbons (Fsp3) is 0.917. The van der Waals surface area contributed by atoms with Gasteiger partial charge in [-0.1, -0.05) is 50.0 Å². The smallest absolute Gasteiger partial charge is 0.220 e. The van der Waals surface area contributed by atoms with Gasteiger partial charge >= 0.3 is 0 Å². The van der Waals surface area contributed by atoms with Crippen molar-refractivity contribution in [3.63, 3.8) is 0 Å². The number of alkyl halides is 1. The molecule has 1 unspecified atom stereocenters. The lowest BCUT2D eigenvalue weighted by Gasteiger charge is -2.19. The monoisotopic (exact) mass is 277 g/mol. The molecular weight excluding hydrogens is 254 g/mol. The van der Waals surface area contributed by atoms with Crippen molar-refractivity contribution in [3.05, 3.63) is 0 Å². The average Bonchev–Trinajstić information content (AvgIpc) is 2.09. The molecule has 0 aromatic rings. The highest BCUT2D eigenvalue weighted by molar-refractivity contribution is 9.09. The molecule has 0 heterocycles. The molecule has 0 saturated carbocycles. The SMILES string of the molecule is CCC(CCBr)CNC(=O)CC(C)(C)C. The fourth-order valence-corrected chi connectivity index (χ4v) is 2.05. The van der Waals surface area contributed by atoms with E-state index in [4.69, 9.17) is 0 Å². The maximum atomic E-state index is 11.6. The van der Waals surface area contributed by atoms with Crippen LogP contribution in [0.25, 0.3) is 0 Å². The molecule has 2 nitrogen and oxygen atoms in total. The van der Waals surface area contributed by atoms with Crippen LogP contribution in [0.1, 0.15) is 47.0 Å². The van der Waals surface area contributed by atoms with Gasteiger partial charge in [-0.25, -0.2) is 0 Å². The second kappa shape index (κ2) is 7.26. The molecule has 0 saturated heterocycles. The molecule has 0 aromatic heterocycles. The van der Waals surface area contributed by atoms with E-state index in [1.54, 1.807) is 0 Å². The van der Waals surface area contributed by atoms with Gasteiger partial charge in [-0.2, -0.15) is 0 Å². The number of hydrogen-bond acceptors (Lipinski definition) is 1. The number of carbonyl (C=O) groups excluding carboxylic acids is 1. The minimum atomic E-state index is 0.0845. The summed E-state index contributed by atoms with van der Waals surface area (Å²) >= 11 is 3.43. The second-order valence-electron chi connectivity index (χ2n) is 5.29. The van der Waals surface area contributed by atoms with Gasteiger partial charge in [0.1, 0.15) is 0 Å². The molecular formula is C12H24BrNO. The highest BCUT2D eigenvalue weighted by Gasteiger charge is 2.16. The zero-order chi connectivity index (χ0) is 11.9. The van der Waals surface area contributed by atoms with Gasteiger partial charge in [0.2, 0.25) is 5.91 Å². The van der Waals surface area contributed by atoms with Crippen LogP contribution in [-0.4, -0.2) is 17.8 Å². The van der Waals surface area contributed by atoms with Gasteiger partial charge in [0.05, 0.1) is 0 Å². The fourth-order valence-electron chi connectivity index (χ4n) is 1.41. The van der Waals surface area contributed by atoms with E-state index in [1.165, 1.54) is 0 Å².